The van der Waals surface area contributed by atoms with Gasteiger partial charge in [0, 0.05) is 18.8 Å². The van der Waals surface area contributed by atoms with Crippen LogP contribution in [0.5, 0.6) is 0 Å². The second-order valence-electron chi connectivity index (χ2n) is 3.89. The van der Waals surface area contributed by atoms with Gasteiger partial charge in [0.25, 0.3) is 0 Å². The fourth-order valence-electron chi connectivity index (χ4n) is 1.31. The van der Waals surface area contributed by atoms with Gasteiger partial charge in [0.05, 0.1) is 12.1 Å². The van der Waals surface area contributed by atoms with Gasteiger partial charge in [0.2, 0.25) is 0 Å². The minimum Gasteiger partial charge on any atom is -0.481 e. The van der Waals surface area contributed by atoms with Crippen LogP contribution in [0.4, 0.5) is 0 Å². The molecule has 0 aromatic carbocycles. The molecule has 1 aromatic rings. The fraction of sp³-hybridized carbons (Fsp3) is 0.700. The number of carboxylic acid groups (broad SMARTS) is 1. The Morgan fingerprint density at radius 1 is 1.56 bits per heavy atom. The Kier molecular flexibility index (Phi) is 4.91. The number of carboxylic acids is 1. The van der Waals surface area contributed by atoms with E-state index < -0.39 is 5.97 Å². The van der Waals surface area contributed by atoms with Gasteiger partial charge < -0.3 is 10.4 Å². The molecule has 0 aliphatic rings. The lowest BCUT2D eigenvalue weighted by atomic mass is 10.0. The number of aromatic nitrogens is 3. The van der Waals surface area contributed by atoms with Crippen LogP contribution in [-0.2, 0) is 11.3 Å². The van der Waals surface area contributed by atoms with E-state index in [9.17, 15) is 4.79 Å². The third kappa shape index (κ3) is 3.98. The first-order valence-corrected chi connectivity index (χ1v) is 5.41. The van der Waals surface area contributed by atoms with E-state index in [4.69, 9.17) is 5.11 Å². The fourth-order valence-corrected chi connectivity index (χ4v) is 1.31. The SMILES string of the molecule is CC(NCCCn1ccnn1)C(C)C(=O)O. The van der Waals surface area contributed by atoms with E-state index in [1.54, 1.807) is 17.8 Å². The molecule has 6 heteroatoms. The van der Waals surface area contributed by atoms with Gasteiger partial charge in [-0.2, -0.15) is 0 Å². The molecular weight excluding hydrogens is 208 g/mol. The van der Waals surface area contributed by atoms with E-state index >= 15 is 0 Å². The summed E-state index contributed by atoms with van der Waals surface area (Å²) in [6.45, 7) is 5.16. The average molecular weight is 226 g/mol. The summed E-state index contributed by atoms with van der Waals surface area (Å²) in [6, 6.07) is -0.0201. The van der Waals surface area contributed by atoms with Gasteiger partial charge in [-0.1, -0.05) is 12.1 Å². The summed E-state index contributed by atoms with van der Waals surface area (Å²) in [7, 11) is 0. The molecule has 2 N–H and O–H groups in total. The predicted molar refractivity (Wildman–Crippen MR) is 58.9 cm³/mol. The summed E-state index contributed by atoms with van der Waals surface area (Å²) in [5, 5.41) is 19.5. The Morgan fingerprint density at radius 3 is 2.88 bits per heavy atom. The van der Waals surface area contributed by atoms with Crippen LogP contribution in [0.3, 0.4) is 0 Å². The van der Waals surface area contributed by atoms with Crippen molar-refractivity contribution < 1.29 is 9.90 Å². The Labute approximate surface area is 94.7 Å². The number of nitrogens with zero attached hydrogens (tertiary/aromatic N) is 3. The molecule has 1 aromatic heterocycles. The zero-order valence-electron chi connectivity index (χ0n) is 9.63. The number of hydrogen-bond donors (Lipinski definition) is 2. The Hall–Kier alpha value is -1.43. The zero-order chi connectivity index (χ0) is 12.0. The molecule has 1 rings (SSSR count). The highest BCUT2D eigenvalue weighted by molar-refractivity contribution is 5.70. The van der Waals surface area contributed by atoms with Crippen molar-refractivity contribution in [3.63, 3.8) is 0 Å². The van der Waals surface area contributed by atoms with Gasteiger partial charge in [-0.05, 0) is 19.9 Å². The van der Waals surface area contributed by atoms with Crippen LogP contribution in [0, 0.1) is 5.92 Å². The molecule has 0 bridgehead atoms. The van der Waals surface area contributed by atoms with Crippen LogP contribution in [-0.4, -0.2) is 38.7 Å². The minimum atomic E-state index is -0.767. The zero-order valence-corrected chi connectivity index (χ0v) is 9.63. The van der Waals surface area contributed by atoms with Crippen LogP contribution >= 0.6 is 0 Å². The predicted octanol–water partition coefficient (Wildman–Crippen LogP) is 0.367. The summed E-state index contributed by atoms with van der Waals surface area (Å²) >= 11 is 0. The molecule has 2 unspecified atom stereocenters. The average Bonchev–Trinajstić information content (AvgIpc) is 2.75. The molecule has 0 saturated carbocycles. The van der Waals surface area contributed by atoms with Gasteiger partial charge in [-0.15, -0.1) is 5.10 Å². The molecule has 16 heavy (non-hydrogen) atoms. The molecule has 0 aliphatic heterocycles. The van der Waals surface area contributed by atoms with E-state index in [0.717, 1.165) is 19.5 Å². The van der Waals surface area contributed by atoms with Crippen molar-refractivity contribution in [2.75, 3.05) is 6.54 Å². The largest absolute Gasteiger partial charge is 0.481 e. The van der Waals surface area contributed by atoms with Crippen molar-refractivity contribution in [3.8, 4) is 0 Å². The van der Waals surface area contributed by atoms with Gasteiger partial charge >= 0.3 is 5.97 Å². The normalized spacial score (nSPS) is 14.6. The van der Waals surface area contributed by atoms with E-state index in [2.05, 4.69) is 15.6 Å². The van der Waals surface area contributed by atoms with Crippen LogP contribution in [0.15, 0.2) is 12.4 Å². The standard InChI is InChI=1S/C10H18N4O2/c1-8(10(15)16)9(2)11-4-3-6-14-7-5-12-13-14/h5,7-9,11H,3-4,6H2,1-2H3,(H,15,16). The lowest BCUT2D eigenvalue weighted by Crippen LogP contribution is -2.36. The molecule has 0 radical (unpaired) electrons. The third-order valence-corrected chi connectivity index (χ3v) is 2.64. The van der Waals surface area contributed by atoms with E-state index in [-0.39, 0.29) is 12.0 Å². The highest BCUT2D eigenvalue weighted by Crippen LogP contribution is 2.02. The molecule has 0 aliphatic carbocycles. The summed E-state index contributed by atoms with van der Waals surface area (Å²) in [5.74, 6) is -1.14. The maximum Gasteiger partial charge on any atom is 0.307 e. The molecule has 2 atom stereocenters. The van der Waals surface area contributed by atoms with Crippen LogP contribution in [0.25, 0.3) is 0 Å². The van der Waals surface area contributed by atoms with Crippen LogP contribution < -0.4 is 5.32 Å². The summed E-state index contributed by atoms with van der Waals surface area (Å²) in [6.07, 6.45) is 4.35. The first kappa shape index (κ1) is 12.6. The second kappa shape index (κ2) is 6.22. The lowest BCUT2D eigenvalue weighted by molar-refractivity contribution is -0.141. The van der Waals surface area contributed by atoms with Crippen molar-refractivity contribution in [2.24, 2.45) is 5.92 Å². The number of rotatable bonds is 7. The van der Waals surface area contributed by atoms with E-state index in [0.29, 0.717) is 0 Å². The third-order valence-electron chi connectivity index (χ3n) is 2.64. The molecule has 1 heterocycles. The van der Waals surface area contributed by atoms with Crippen LogP contribution in [0.1, 0.15) is 20.3 Å². The van der Waals surface area contributed by atoms with Gasteiger partial charge in [-0.3, -0.25) is 9.48 Å². The van der Waals surface area contributed by atoms with Crippen molar-refractivity contribution >= 4 is 5.97 Å². The van der Waals surface area contributed by atoms with Crippen LogP contribution in [0.2, 0.25) is 0 Å². The van der Waals surface area contributed by atoms with Gasteiger partial charge in [0.15, 0.2) is 0 Å². The number of carbonyl (C=O) groups is 1. The molecule has 90 valence electrons. The highest BCUT2D eigenvalue weighted by Gasteiger charge is 2.17. The maximum atomic E-state index is 10.7. The number of aryl methyl sites for hydroxylation is 1. The topological polar surface area (TPSA) is 80.0 Å². The monoisotopic (exact) mass is 226 g/mol. The highest BCUT2D eigenvalue weighted by atomic mass is 16.4. The van der Waals surface area contributed by atoms with Crippen molar-refractivity contribution in [3.05, 3.63) is 12.4 Å². The number of nitrogens with one attached hydrogen (secondary N) is 1. The van der Waals surface area contributed by atoms with Crippen molar-refractivity contribution in [2.45, 2.75) is 32.9 Å². The summed E-state index contributed by atoms with van der Waals surface area (Å²) in [4.78, 5) is 10.7. The quantitative estimate of drug-likeness (QED) is 0.656. The molecule has 0 spiro atoms. The summed E-state index contributed by atoms with van der Waals surface area (Å²) in [5.41, 5.74) is 0. The number of hydrogen-bond acceptors (Lipinski definition) is 4. The maximum absolute atomic E-state index is 10.7. The van der Waals surface area contributed by atoms with Crippen molar-refractivity contribution in [1.29, 1.82) is 0 Å². The van der Waals surface area contributed by atoms with E-state index in [1.165, 1.54) is 0 Å². The molecule has 0 saturated heterocycles. The number of aliphatic carboxylic acids is 1. The van der Waals surface area contributed by atoms with Crippen molar-refractivity contribution in [1.82, 2.24) is 20.3 Å². The molecule has 0 amide bonds. The summed E-state index contributed by atoms with van der Waals surface area (Å²) < 4.78 is 1.76. The smallest absolute Gasteiger partial charge is 0.307 e. The van der Waals surface area contributed by atoms with Gasteiger partial charge in [-0.25, -0.2) is 0 Å². The van der Waals surface area contributed by atoms with Gasteiger partial charge in [0.1, 0.15) is 0 Å². The second-order valence-corrected chi connectivity index (χ2v) is 3.89. The lowest BCUT2D eigenvalue weighted by Gasteiger charge is -2.17. The van der Waals surface area contributed by atoms with E-state index in [1.807, 2.05) is 13.1 Å². The molecular formula is C10H18N4O2. The minimum absolute atomic E-state index is 0.0201. The molecule has 0 fully saturated rings. The Morgan fingerprint density at radius 2 is 2.31 bits per heavy atom. The Balaban J connectivity index is 2.13. The Bertz CT molecular complexity index is 313. The first-order valence-electron chi connectivity index (χ1n) is 5.41. The molecule has 6 nitrogen and oxygen atoms in total. The first-order chi connectivity index (χ1) is 7.61.